The van der Waals surface area contributed by atoms with E-state index in [1.165, 1.54) is 0 Å². The Bertz CT molecular complexity index is 168. The smallest absolute Gasteiger partial charge is 0.139 e. The Morgan fingerprint density at radius 3 is 2.50 bits per heavy atom. The van der Waals surface area contributed by atoms with E-state index in [9.17, 15) is 4.79 Å². The molecule has 0 N–H and O–H groups in total. The van der Waals surface area contributed by atoms with Gasteiger partial charge < -0.3 is 0 Å². The van der Waals surface area contributed by atoms with Crippen LogP contribution in [0.1, 0.15) is 26.7 Å². The van der Waals surface area contributed by atoms with Gasteiger partial charge in [0.15, 0.2) is 0 Å². The van der Waals surface area contributed by atoms with Gasteiger partial charge in [0.05, 0.1) is 0 Å². The fourth-order valence-electron chi connectivity index (χ4n) is 1.59. The van der Waals surface area contributed by atoms with Crippen LogP contribution in [0.3, 0.4) is 0 Å². The predicted molar refractivity (Wildman–Crippen MR) is 41.7 cm³/mol. The lowest BCUT2D eigenvalue weighted by Gasteiger charge is -2.21. The summed E-state index contributed by atoms with van der Waals surface area (Å²) < 4.78 is 0. The lowest BCUT2D eigenvalue weighted by molar-refractivity contribution is -0.124. The lowest BCUT2D eigenvalue weighted by atomic mass is 9.81. The van der Waals surface area contributed by atoms with E-state index in [-0.39, 0.29) is 5.41 Å². The lowest BCUT2D eigenvalue weighted by Crippen LogP contribution is -2.23. The molecule has 1 rings (SSSR count). The molecule has 1 aliphatic carbocycles. The zero-order valence-corrected chi connectivity index (χ0v) is 6.68. The maximum absolute atomic E-state index is 11.2. The number of carbonyl (C=O) groups excluding carboxylic acids is 1. The molecule has 0 amide bonds. The van der Waals surface area contributed by atoms with Gasteiger partial charge in [-0.3, -0.25) is 4.79 Å². The minimum atomic E-state index is -0.137. The highest BCUT2D eigenvalue weighted by Gasteiger charge is 2.39. The highest BCUT2D eigenvalue weighted by atomic mass is 16.1. The topological polar surface area (TPSA) is 17.1 Å². The summed E-state index contributed by atoms with van der Waals surface area (Å²) in [5, 5.41) is 0. The van der Waals surface area contributed by atoms with Crippen molar-refractivity contribution >= 4 is 5.78 Å². The maximum atomic E-state index is 11.2. The van der Waals surface area contributed by atoms with Gasteiger partial charge in [-0.1, -0.05) is 19.9 Å². The van der Waals surface area contributed by atoms with Gasteiger partial charge >= 0.3 is 0 Å². The fraction of sp³-hybridized carbons (Fsp3) is 0.667. The van der Waals surface area contributed by atoms with Gasteiger partial charge in [-0.2, -0.15) is 0 Å². The Balaban J connectivity index is 2.83. The molecular weight excluding hydrogens is 124 g/mol. The first-order valence-corrected chi connectivity index (χ1v) is 3.75. The molecule has 0 spiro atoms. The normalized spacial score (nSPS) is 30.6. The molecule has 1 aliphatic rings. The Hall–Kier alpha value is -0.590. The number of Topliss-reactive ketones (excluding diaryl/α,β-unsaturated/α-hetero) is 1. The minimum Gasteiger partial charge on any atom is -0.299 e. The van der Waals surface area contributed by atoms with Gasteiger partial charge in [0, 0.05) is 11.8 Å². The zero-order valence-electron chi connectivity index (χ0n) is 6.68. The summed E-state index contributed by atoms with van der Waals surface area (Å²) in [4.78, 5) is 11.2. The van der Waals surface area contributed by atoms with Crippen LogP contribution >= 0.6 is 0 Å². The molecule has 1 fully saturated rings. The summed E-state index contributed by atoms with van der Waals surface area (Å²) in [5.41, 5.74) is -0.137. The number of ketones is 1. The van der Waals surface area contributed by atoms with Crippen LogP contribution in [0.2, 0.25) is 0 Å². The Morgan fingerprint density at radius 2 is 2.30 bits per heavy atom. The second-order valence-corrected chi connectivity index (χ2v) is 3.53. The van der Waals surface area contributed by atoms with Crippen molar-refractivity contribution in [1.82, 2.24) is 0 Å². The van der Waals surface area contributed by atoms with Gasteiger partial charge in [-0.05, 0) is 12.3 Å². The van der Waals surface area contributed by atoms with Crippen LogP contribution in [-0.2, 0) is 4.79 Å². The van der Waals surface area contributed by atoms with Crippen LogP contribution in [0.25, 0.3) is 0 Å². The van der Waals surface area contributed by atoms with Crippen LogP contribution < -0.4 is 0 Å². The molecule has 0 aromatic rings. The van der Waals surface area contributed by atoms with Gasteiger partial charge in [0.2, 0.25) is 0 Å². The van der Waals surface area contributed by atoms with E-state index < -0.39 is 0 Å². The van der Waals surface area contributed by atoms with E-state index in [1.54, 1.807) is 0 Å². The third-order valence-electron chi connectivity index (χ3n) is 2.61. The number of carbonyl (C=O) groups is 1. The van der Waals surface area contributed by atoms with E-state index in [4.69, 9.17) is 0 Å². The van der Waals surface area contributed by atoms with Crippen LogP contribution in [0.15, 0.2) is 12.7 Å². The maximum Gasteiger partial charge on any atom is 0.139 e. The molecule has 1 atom stereocenters. The molecule has 0 radical (unpaired) electrons. The molecule has 1 saturated carbocycles. The molecule has 0 bridgehead atoms. The van der Waals surface area contributed by atoms with Crippen molar-refractivity contribution in [3.05, 3.63) is 12.7 Å². The quantitative estimate of drug-likeness (QED) is 0.507. The van der Waals surface area contributed by atoms with E-state index in [0.717, 1.165) is 12.8 Å². The number of hydrogen-bond acceptors (Lipinski definition) is 1. The van der Waals surface area contributed by atoms with Gasteiger partial charge in [0.25, 0.3) is 0 Å². The molecule has 0 aromatic carbocycles. The summed E-state index contributed by atoms with van der Waals surface area (Å²) in [7, 11) is 0. The minimum absolute atomic E-state index is 0.137. The Labute approximate surface area is 62.1 Å². The molecule has 1 heteroatoms. The Kier molecular flexibility index (Phi) is 1.67. The summed E-state index contributed by atoms with van der Waals surface area (Å²) in [6, 6.07) is 0. The molecule has 0 saturated heterocycles. The van der Waals surface area contributed by atoms with Crippen LogP contribution in [0, 0.1) is 11.3 Å². The van der Waals surface area contributed by atoms with Crippen molar-refractivity contribution in [3.8, 4) is 0 Å². The van der Waals surface area contributed by atoms with Crippen LogP contribution in [-0.4, -0.2) is 5.78 Å². The Morgan fingerprint density at radius 1 is 1.70 bits per heavy atom. The highest BCUT2D eigenvalue weighted by molar-refractivity contribution is 5.86. The summed E-state index contributed by atoms with van der Waals surface area (Å²) in [6.45, 7) is 7.74. The third-order valence-corrected chi connectivity index (χ3v) is 2.61. The molecule has 0 aliphatic heterocycles. The van der Waals surface area contributed by atoms with E-state index >= 15 is 0 Å². The first-order valence-electron chi connectivity index (χ1n) is 3.75. The van der Waals surface area contributed by atoms with Crippen LogP contribution in [0.5, 0.6) is 0 Å². The van der Waals surface area contributed by atoms with Gasteiger partial charge in [0.1, 0.15) is 5.78 Å². The number of rotatable bonds is 1. The van der Waals surface area contributed by atoms with E-state index in [1.807, 2.05) is 19.9 Å². The van der Waals surface area contributed by atoms with Gasteiger partial charge in [-0.25, -0.2) is 0 Å². The first kappa shape index (κ1) is 7.52. The first-order chi connectivity index (χ1) is 4.59. The average molecular weight is 138 g/mol. The summed E-state index contributed by atoms with van der Waals surface area (Å²) >= 11 is 0. The fourth-order valence-corrected chi connectivity index (χ4v) is 1.59. The highest BCUT2D eigenvalue weighted by Crippen LogP contribution is 2.39. The van der Waals surface area contributed by atoms with E-state index in [2.05, 4.69) is 6.58 Å². The van der Waals surface area contributed by atoms with Crippen molar-refractivity contribution in [2.45, 2.75) is 26.7 Å². The molecule has 1 nitrogen and oxygen atoms in total. The van der Waals surface area contributed by atoms with Crippen molar-refractivity contribution in [2.24, 2.45) is 11.3 Å². The largest absolute Gasteiger partial charge is 0.299 e. The molecule has 10 heavy (non-hydrogen) atoms. The molecular formula is C9H14O. The SMILES string of the molecule is C=CC1CCC(=O)C1(C)C. The predicted octanol–water partition coefficient (Wildman–Crippen LogP) is 2.18. The van der Waals surface area contributed by atoms with Crippen LogP contribution in [0.4, 0.5) is 0 Å². The van der Waals surface area contributed by atoms with E-state index in [0.29, 0.717) is 11.7 Å². The third kappa shape index (κ3) is 0.898. The monoisotopic (exact) mass is 138 g/mol. The van der Waals surface area contributed by atoms with Crippen molar-refractivity contribution in [2.75, 3.05) is 0 Å². The molecule has 56 valence electrons. The summed E-state index contributed by atoms with van der Waals surface area (Å²) in [5.74, 6) is 0.789. The van der Waals surface area contributed by atoms with Crippen molar-refractivity contribution < 1.29 is 4.79 Å². The summed E-state index contributed by atoms with van der Waals surface area (Å²) in [6.07, 6.45) is 3.64. The average Bonchev–Trinajstić information content (AvgIpc) is 2.10. The van der Waals surface area contributed by atoms with Crippen molar-refractivity contribution in [3.63, 3.8) is 0 Å². The molecule has 1 unspecified atom stereocenters. The van der Waals surface area contributed by atoms with Gasteiger partial charge in [-0.15, -0.1) is 6.58 Å². The second-order valence-electron chi connectivity index (χ2n) is 3.53. The molecule has 0 heterocycles. The number of hydrogen-bond donors (Lipinski definition) is 0. The molecule has 0 aromatic heterocycles. The standard InChI is InChI=1S/C9H14O/c1-4-7-5-6-8(10)9(7,2)3/h4,7H,1,5-6H2,2-3H3. The van der Waals surface area contributed by atoms with Crippen molar-refractivity contribution in [1.29, 1.82) is 0 Å². The zero-order chi connectivity index (χ0) is 7.78. The second kappa shape index (κ2) is 2.22. The number of allylic oxidation sites excluding steroid dienone is 1.